The Kier molecular flexibility index (Phi) is 4.93. The van der Waals surface area contributed by atoms with Gasteiger partial charge in [-0.2, -0.15) is 0 Å². The fourth-order valence-corrected chi connectivity index (χ4v) is 1.94. The molecule has 0 heterocycles. The zero-order valence-electron chi connectivity index (χ0n) is 12.7. The van der Waals surface area contributed by atoms with E-state index in [4.69, 9.17) is 4.74 Å². The Balaban J connectivity index is 2.13. The summed E-state index contributed by atoms with van der Waals surface area (Å²) in [6.45, 7) is 7.56. The third-order valence-corrected chi connectivity index (χ3v) is 3.39. The van der Waals surface area contributed by atoms with E-state index in [0.717, 1.165) is 10.6 Å². The van der Waals surface area contributed by atoms with Crippen molar-refractivity contribution in [3.05, 3.63) is 66.7 Å². The van der Waals surface area contributed by atoms with Crippen LogP contribution in [-0.2, 0) is 0 Å². The van der Waals surface area contributed by atoms with Gasteiger partial charge in [0.1, 0.15) is 11.4 Å². The summed E-state index contributed by atoms with van der Waals surface area (Å²) in [5.41, 5.74) is 0.769. The van der Waals surface area contributed by atoms with Crippen molar-refractivity contribution in [2.45, 2.75) is 24.3 Å². The minimum absolute atomic E-state index is 0.186. The quantitative estimate of drug-likeness (QED) is 0.627. The van der Waals surface area contributed by atoms with Crippen LogP contribution in [0.1, 0.15) is 24.2 Å². The Morgan fingerprint density at radius 3 is 2.55 bits per heavy atom. The number of anilines is 1. The van der Waals surface area contributed by atoms with Gasteiger partial charge in [0.15, 0.2) is 0 Å². The van der Waals surface area contributed by atoms with Gasteiger partial charge in [-0.15, -0.1) is 12.6 Å². The maximum absolute atomic E-state index is 12.3. The lowest BCUT2D eigenvalue weighted by molar-refractivity contribution is 0.102. The van der Waals surface area contributed by atoms with E-state index in [1.165, 1.54) is 0 Å². The number of ether oxygens (including phenoxy) is 1. The van der Waals surface area contributed by atoms with Crippen LogP contribution < -0.4 is 10.1 Å². The van der Waals surface area contributed by atoms with Crippen molar-refractivity contribution >= 4 is 24.2 Å². The topological polar surface area (TPSA) is 38.3 Å². The monoisotopic (exact) mass is 313 g/mol. The summed E-state index contributed by atoms with van der Waals surface area (Å²) >= 11 is 4.22. The van der Waals surface area contributed by atoms with Gasteiger partial charge in [0, 0.05) is 16.1 Å². The molecule has 4 heteroatoms. The third kappa shape index (κ3) is 4.40. The van der Waals surface area contributed by atoms with Crippen molar-refractivity contribution in [2.24, 2.45) is 0 Å². The highest BCUT2D eigenvalue weighted by atomic mass is 32.1. The van der Waals surface area contributed by atoms with Gasteiger partial charge in [-0.1, -0.05) is 12.6 Å². The van der Waals surface area contributed by atoms with Gasteiger partial charge in [-0.3, -0.25) is 4.79 Å². The Bertz CT molecular complexity index is 678. The van der Waals surface area contributed by atoms with Crippen LogP contribution in [0.3, 0.4) is 0 Å². The van der Waals surface area contributed by atoms with Gasteiger partial charge >= 0.3 is 0 Å². The van der Waals surface area contributed by atoms with Gasteiger partial charge < -0.3 is 10.1 Å². The van der Waals surface area contributed by atoms with Gasteiger partial charge in [0.05, 0.1) is 0 Å². The van der Waals surface area contributed by atoms with Crippen molar-refractivity contribution in [1.29, 1.82) is 0 Å². The average Bonchev–Trinajstić information content (AvgIpc) is 2.49. The van der Waals surface area contributed by atoms with E-state index in [0.29, 0.717) is 11.3 Å². The van der Waals surface area contributed by atoms with Crippen LogP contribution in [0.15, 0.2) is 66.1 Å². The van der Waals surface area contributed by atoms with Crippen LogP contribution in [0.2, 0.25) is 0 Å². The van der Waals surface area contributed by atoms with Gasteiger partial charge in [-0.05, 0) is 62.4 Å². The predicted molar refractivity (Wildman–Crippen MR) is 93.0 cm³/mol. The molecule has 0 saturated carbocycles. The largest absolute Gasteiger partial charge is 0.484 e. The standard InChI is InChI=1S/C18H19NO2S/c1-4-18(2,3)21-15-7-5-6-13(12-15)17(20)19-14-8-10-16(22)11-9-14/h4-12,22H,1H2,2-3H3,(H,19,20). The number of carbonyl (C=O) groups is 1. The lowest BCUT2D eigenvalue weighted by atomic mass is 10.1. The number of amides is 1. The number of hydrogen-bond acceptors (Lipinski definition) is 3. The highest BCUT2D eigenvalue weighted by molar-refractivity contribution is 7.80. The molecule has 2 aromatic carbocycles. The minimum atomic E-state index is -0.489. The molecule has 0 aliphatic rings. The Morgan fingerprint density at radius 1 is 1.23 bits per heavy atom. The molecule has 0 aliphatic carbocycles. The summed E-state index contributed by atoms with van der Waals surface area (Å²) in [6.07, 6.45) is 1.72. The van der Waals surface area contributed by atoms with E-state index in [2.05, 4.69) is 24.5 Å². The van der Waals surface area contributed by atoms with E-state index in [-0.39, 0.29) is 5.91 Å². The molecule has 0 unspecified atom stereocenters. The number of nitrogens with one attached hydrogen (secondary N) is 1. The van der Waals surface area contributed by atoms with Crippen LogP contribution in [0, 0.1) is 0 Å². The fraction of sp³-hybridized carbons (Fsp3) is 0.167. The number of rotatable bonds is 5. The van der Waals surface area contributed by atoms with Crippen LogP contribution >= 0.6 is 12.6 Å². The molecular weight excluding hydrogens is 294 g/mol. The zero-order chi connectivity index (χ0) is 16.2. The number of benzene rings is 2. The first kappa shape index (κ1) is 16.2. The van der Waals surface area contributed by atoms with E-state index in [9.17, 15) is 4.79 Å². The highest BCUT2D eigenvalue weighted by Crippen LogP contribution is 2.21. The van der Waals surface area contributed by atoms with Crippen molar-refractivity contribution < 1.29 is 9.53 Å². The highest BCUT2D eigenvalue weighted by Gasteiger charge is 2.15. The van der Waals surface area contributed by atoms with E-state index in [1.807, 2.05) is 32.0 Å². The summed E-state index contributed by atoms with van der Waals surface area (Å²) < 4.78 is 5.80. The molecule has 0 atom stereocenters. The molecule has 22 heavy (non-hydrogen) atoms. The Morgan fingerprint density at radius 2 is 1.91 bits per heavy atom. The maximum Gasteiger partial charge on any atom is 0.255 e. The van der Waals surface area contributed by atoms with Crippen molar-refractivity contribution in [1.82, 2.24) is 0 Å². The Hall–Kier alpha value is -2.20. The van der Waals surface area contributed by atoms with Crippen molar-refractivity contribution in [2.75, 3.05) is 5.32 Å². The molecule has 0 bridgehead atoms. The molecule has 2 rings (SSSR count). The first-order chi connectivity index (χ1) is 10.4. The molecule has 1 amide bonds. The SMILES string of the molecule is C=CC(C)(C)Oc1cccc(C(=O)Nc2ccc(S)cc2)c1. The van der Waals surface area contributed by atoms with Crippen molar-refractivity contribution in [3.63, 3.8) is 0 Å². The van der Waals surface area contributed by atoms with Gasteiger partial charge in [-0.25, -0.2) is 0 Å². The molecular formula is C18H19NO2S. The predicted octanol–water partition coefficient (Wildman–Crippen LogP) is 4.57. The second-order valence-electron chi connectivity index (χ2n) is 5.44. The third-order valence-electron chi connectivity index (χ3n) is 3.09. The summed E-state index contributed by atoms with van der Waals surface area (Å²) in [7, 11) is 0. The molecule has 0 saturated heterocycles. The molecule has 2 aromatic rings. The summed E-state index contributed by atoms with van der Waals surface area (Å²) in [4.78, 5) is 13.1. The molecule has 3 nitrogen and oxygen atoms in total. The maximum atomic E-state index is 12.3. The second-order valence-corrected chi connectivity index (χ2v) is 5.95. The first-order valence-electron chi connectivity index (χ1n) is 6.93. The van der Waals surface area contributed by atoms with Crippen LogP contribution in [0.25, 0.3) is 0 Å². The van der Waals surface area contributed by atoms with Crippen LogP contribution in [-0.4, -0.2) is 11.5 Å². The normalized spacial score (nSPS) is 10.9. The fourth-order valence-electron chi connectivity index (χ4n) is 1.79. The number of carbonyl (C=O) groups excluding carboxylic acids is 1. The Labute approximate surface area is 136 Å². The molecule has 0 aromatic heterocycles. The van der Waals surface area contributed by atoms with Crippen LogP contribution in [0.5, 0.6) is 5.75 Å². The molecule has 114 valence electrons. The van der Waals surface area contributed by atoms with E-state index in [1.54, 1.807) is 36.4 Å². The summed E-state index contributed by atoms with van der Waals surface area (Å²) in [6, 6.07) is 14.3. The zero-order valence-corrected chi connectivity index (χ0v) is 13.6. The molecule has 0 fully saturated rings. The van der Waals surface area contributed by atoms with Crippen molar-refractivity contribution in [3.8, 4) is 5.75 Å². The number of hydrogen-bond donors (Lipinski definition) is 2. The van der Waals surface area contributed by atoms with Crippen LogP contribution in [0.4, 0.5) is 5.69 Å². The first-order valence-corrected chi connectivity index (χ1v) is 7.37. The average molecular weight is 313 g/mol. The smallest absolute Gasteiger partial charge is 0.255 e. The summed E-state index contributed by atoms with van der Waals surface area (Å²) in [5, 5.41) is 2.84. The number of thiol groups is 1. The lowest BCUT2D eigenvalue weighted by Crippen LogP contribution is -2.24. The summed E-state index contributed by atoms with van der Waals surface area (Å²) in [5.74, 6) is 0.442. The molecule has 0 aliphatic heterocycles. The minimum Gasteiger partial charge on any atom is -0.484 e. The van der Waals surface area contributed by atoms with E-state index < -0.39 is 5.60 Å². The molecule has 0 radical (unpaired) electrons. The molecule has 0 spiro atoms. The molecule has 1 N–H and O–H groups in total. The lowest BCUT2D eigenvalue weighted by Gasteiger charge is -2.22. The van der Waals surface area contributed by atoms with Gasteiger partial charge in [0.25, 0.3) is 5.91 Å². The van der Waals surface area contributed by atoms with Gasteiger partial charge in [0.2, 0.25) is 0 Å². The van der Waals surface area contributed by atoms with E-state index >= 15 is 0 Å². The second kappa shape index (κ2) is 6.71.